The van der Waals surface area contributed by atoms with Crippen LogP contribution in [0, 0.1) is 0 Å². The Labute approximate surface area is 138 Å². The number of carboxylic acids is 1. The van der Waals surface area contributed by atoms with Crippen LogP contribution in [0.25, 0.3) is 0 Å². The Hall–Kier alpha value is -2.09. The average molecular weight is 347 g/mol. The summed E-state index contributed by atoms with van der Waals surface area (Å²) in [5.74, 6) is -1.53. The number of amides is 1. The summed E-state index contributed by atoms with van der Waals surface area (Å²) in [5.41, 5.74) is -0.351. The molecule has 0 spiro atoms. The number of ether oxygens (including phenoxy) is 1. The van der Waals surface area contributed by atoms with Crippen molar-refractivity contribution in [1.29, 1.82) is 0 Å². The highest BCUT2D eigenvalue weighted by molar-refractivity contribution is 5.81. The first-order valence-electron chi connectivity index (χ1n) is 7.38. The quantitative estimate of drug-likeness (QED) is 0.698. The fourth-order valence-electron chi connectivity index (χ4n) is 2.10. The van der Waals surface area contributed by atoms with Crippen LogP contribution >= 0.6 is 0 Å². The van der Waals surface area contributed by atoms with Crippen molar-refractivity contribution in [2.75, 3.05) is 20.3 Å². The molecule has 0 saturated heterocycles. The van der Waals surface area contributed by atoms with E-state index in [-0.39, 0.29) is 18.9 Å². The zero-order chi connectivity index (χ0) is 18.2. The summed E-state index contributed by atoms with van der Waals surface area (Å²) >= 11 is 0. The van der Waals surface area contributed by atoms with E-state index in [4.69, 9.17) is 9.84 Å². The van der Waals surface area contributed by atoms with Crippen LogP contribution in [-0.4, -0.2) is 42.1 Å². The van der Waals surface area contributed by atoms with Gasteiger partial charge in [-0.2, -0.15) is 13.2 Å². The van der Waals surface area contributed by atoms with Crippen molar-refractivity contribution in [2.24, 2.45) is 0 Å². The van der Waals surface area contributed by atoms with Gasteiger partial charge in [-0.25, -0.2) is 0 Å². The molecule has 0 saturated carbocycles. The number of carbonyl (C=O) groups excluding carboxylic acids is 1. The average Bonchev–Trinajstić information content (AvgIpc) is 2.50. The van der Waals surface area contributed by atoms with Crippen LogP contribution in [-0.2, 0) is 27.0 Å². The van der Waals surface area contributed by atoms with Crippen LogP contribution in [0.15, 0.2) is 24.3 Å². The Kier molecular flexibility index (Phi) is 7.70. The minimum absolute atomic E-state index is 0.0481. The number of aliphatic carboxylic acids is 1. The molecule has 1 N–H and O–H groups in total. The van der Waals surface area contributed by atoms with Gasteiger partial charge in [-0.15, -0.1) is 0 Å². The molecule has 0 bridgehead atoms. The summed E-state index contributed by atoms with van der Waals surface area (Å²) in [7, 11) is 1.54. The third-order valence-electron chi connectivity index (χ3n) is 3.32. The smallest absolute Gasteiger partial charge is 0.416 e. The number of benzene rings is 1. The number of unbranched alkanes of at least 4 members (excludes halogenated alkanes) is 1. The van der Waals surface area contributed by atoms with E-state index >= 15 is 0 Å². The van der Waals surface area contributed by atoms with Crippen molar-refractivity contribution in [1.82, 2.24) is 4.90 Å². The van der Waals surface area contributed by atoms with Gasteiger partial charge >= 0.3 is 12.1 Å². The van der Waals surface area contributed by atoms with Gasteiger partial charge in [0.25, 0.3) is 0 Å². The molecule has 0 fully saturated rings. The van der Waals surface area contributed by atoms with Gasteiger partial charge in [-0.3, -0.25) is 9.59 Å². The molecular weight excluding hydrogens is 327 g/mol. The van der Waals surface area contributed by atoms with Gasteiger partial charge in [0.05, 0.1) is 5.56 Å². The minimum Gasteiger partial charge on any atom is -0.480 e. The molecule has 134 valence electrons. The van der Waals surface area contributed by atoms with E-state index in [0.29, 0.717) is 25.0 Å². The first-order chi connectivity index (χ1) is 11.2. The maximum atomic E-state index is 12.5. The van der Waals surface area contributed by atoms with Gasteiger partial charge in [0.2, 0.25) is 5.91 Å². The van der Waals surface area contributed by atoms with E-state index in [0.717, 1.165) is 17.0 Å². The molecule has 0 atom stereocenters. The molecule has 0 radical (unpaired) electrons. The van der Waals surface area contributed by atoms with Crippen molar-refractivity contribution in [2.45, 2.75) is 32.0 Å². The molecule has 0 aromatic heterocycles. The second-order valence-corrected chi connectivity index (χ2v) is 5.29. The van der Waals surface area contributed by atoms with E-state index < -0.39 is 24.3 Å². The summed E-state index contributed by atoms with van der Waals surface area (Å²) in [5, 5.41) is 8.91. The second kappa shape index (κ2) is 9.27. The normalized spacial score (nSPS) is 11.3. The summed E-state index contributed by atoms with van der Waals surface area (Å²) in [6.45, 7) is -0.0389. The van der Waals surface area contributed by atoms with E-state index in [1.807, 2.05) is 0 Å². The number of rotatable bonds is 9. The maximum absolute atomic E-state index is 12.5. The van der Waals surface area contributed by atoms with Gasteiger partial charge < -0.3 is 14.7 Å². The highest BCUT2D eigenvalue weighted by Gasteiger charge is 2.30. The Morgan fingerprint density at radius 1 is 1.17 bits per heavy atom. The Balaban J connectivity index is 2.71. The highest BCUT2D eigenvalue weighted by atomic mass is 19.4. The number of hydrogen-bond donors (Lipinski definition) is 1. The molecule has 0 aliphatic rings. The van der Waals surface area contributed by atoms with Crippen LogP contribution in [0.5, 0.6) is 0 Å². The molecule has 0 aliphatic carbocycles. The monoisotopic (exact) mass is 347 g/mol. The molecule has 0 aliphatic heterocycles. The molecule has 5 nitrogen and oxygen atoms in total. The van der Waals surface area contributed by atoms with Crippen molar-refractivity contribution >= 4 is 11.9 Å². The third-order valence-corrected chi connectivity index (χ3v) is 3.32. The topological polar surface area (TPSA) is 66.8 Å². The Bertz CT molecular complexity index is 543. The lowest BCUT2D eigenvalue weighted by molar-refractivity contribution is -0.145. The predicted molar refractivity (Wildman–Crippen MR) is 80.2 cm³/mol. The first-order valence-corrected chi connectivity index (χ1v) is 7.38. The van der Waals surface area contributed by atoms with E-state index in [9.17, 15) is 22.8 Å². The molecule has 0 unspecified atom stereocenters. The zero-order valence-electron chi connectivity index (χ0n) is 13.3. The number of hydrogen-bond acceptors (Lipinski definition) is 3. The van der Waals surface area contributed by atoms with E-state index in [1.165, 1.54) is 12.1 Å². The van der Waals surface area contributed by atoms with Crippen molar-refractivity contribution < 1.29 is 32.6 Å². The maximum Gasteiger partial charge on any atom is 0.416 e. The lowest BCUT2D eigenvalue weighted by Crippen LogP contribution is -2.35. The van der Waals surface area contributed by atoms with E-state index in [2.05, 4.69) is 0 Å². The second-order valence-electron chi connectivity index (χ2n) is 5.29. The number of nitrogens with zero attached hydrogens (tertiary/aromatic N) is 1. The first kappa shape index (κ1) is 20.0. The van der Waals surface area contributed by atoms with Crippen LogP contribution < -0.4 is 0 Å². The van der Waals surface area contributed by atoms with Crippen LogP contribution in [0.3, 0.4) is 0 Å². The van der Waals surface area contributed by atoms with Crippen LogP contribution in [0.4, 0.5) is 13.2 Å². The number of alkyl halides is 3. The van der Waals surface area contributed by atoms with Crippen molar-refractivity contribution in [3.05, 3.63) is 35.4 Å². The van der Waals surface area contributed by atoms with Crippen molar-refractivity contribution in [3.63, 3.8) is 0 Å². The number of methoxy groups -OCH3 is 1. The lowest BCUT2D eigenvalue weighted by atomic mass is 10.1. The minimum atomic E-state index is -4.43. The van der Waals surface area contributed by atoms with Gasteiger partial charge in [0.1, 0.15) is 6.54 Å². The van der Waals surface area contributed by atoms with Gasteiger partial charge in [-0.1, -0.05) is 12.1 Å². The van der Waals surface area contributed by atoms with Crippen molar-refractivity contribution in [3.8, 4) is 0 Å². The van der Waals surface area contributed by atoms with Crippen LogP contribution in [0.1, 0.15) is 30.4 Å². The van der Waals surface area contributed by atoms with Gasteiger partial charge in [-0.05, 0) is 30.5 Å². The summed E-state index contributed by atoms with van der Waals surface area (Å²) < 4.78 is 42.5. The molecule has 1 aromatic carbocycles. The Morgan fingerprint density at radius 3 is 2.29 bits per heavy atom. The molecular formula is C16H20F3NO4. The third kappa shape index (κ3) is 6.99. The summed E-state index contributed by atoms with van der Waals surface area (Å²) in [6, 6.07) is 4.32. The fourth-order valence-corrected chi connectivity index (χ4v) is 2.10. The Morgan fingerprint density at radius 2 is 1.79 bits per heavy atom. The van der Waals surface area contributed by atoms with Gasteiger partial charge in [0, 0.05) is 26.7 Å². The highest BCUT2D eigenvalue weighted by Crippen LogP contribution is 2.29. The van der Waals surface area contributed by atoms with E-state index in [1.54, 1.807) is 7.11 Å². The standard InChI is InChI=1S/C16H20F3NO4/c1-24-9-3-2-4-14(21)20(11-15(22)23)10-12-5-7-13(8-6-12)16(17,18)19/h5-8H,2-4,9-11H2,1H3,(H,22,23). The molecule has 1 rings (SSSR count). The zero-order valence-corrected chi connectivity index (χ0v) is 13.3. The number of carbonyl (C=O) groups is 2. The SMILES string of the molecule is COCCCCC(=O)N(CC(=O)O)Cc1ccc(C(F)(F)F)cc1. The fraction of sp³-hybridized carbons (Fsp3) is 0.500. The largest absolute Gasteiger partial charge is 0.480 e. The molecule has 1 aromatic rings. The molecule has 1 amide bonds. The number of halogens is 3. The lowest BCUT2D eigenvalue weighted by Gasteiger charge is -2.21. The summed E-state index contributed by atoms with van der Waals surface area (Å²) in [6.07, 6.45) is -3.05. The molecule has 0 heterocycles. The van der Waals surface area contributed by atoms with Crippen LogP contribution in [0.2, 0.25) is 0 Å². The van der Waals surface area contributed by atoms with Gasteiger partial charge in [0.15, 0.2) is 0 Å². The number of carboxylic acid groups (broad SMARTS) is 1. The molecule has 24 heavy (non-hydrogen) atoms. The summed E-state index contributed by atoms with van der Waals surface area (Å²) in [4.78, 5) is 24.1. The predicted octanol–water partition coefficient (Wildman–Crippen LogP) is 2.94. The molecule has 8 heteroatoms.